The van der Waals surface area contributed by atoms with Crippen molar-refractivity contribution in [1.82, 2.24) is 15.6 Å². The summed E-state index contributed by atoms with van der Waals surface area (Å²) < 4.78 is 32.3. The molecule has 2 unspecified atom stereocenters. The highest BCUT2D eigenvalue weighted by molar-refractivity contribution is 5.96. The minimum atomic E-state index is -0.701. The average Bonchev–Trinajstić information content (AvgIpc) is 3.18. The topological polar surface area (TPSA) is 83.6 Å². The van der Waals surface area contributed by atoms with Crippen molar-refractivity contribution in [3.8, 4) is 5.75 Å². The fourth-order valence-electron chi connectivity index (χ4n) is 5.63. The van der Waals surface area contributed by atoms with E-state index in [0.29, 0.717) is 16.9 Å². The minimum Gasteiger partial charge on any atom is -0.496 e. The molecule has 2 bridgehead atoms. The Kier molecular flexibility index (Phi) is 7.26. The second-order valence-electron chi connectivity index (χ2n) is 9.89. The first kappa shape index (κ1) is 25.6. The summed E-state index contributed by atoms with van der Waals surface area (Å²) in [4.78, 5) is 32.4. The molecule has 0 aliphatic carbocycles. The zero-order valence-corrected chi connectivity index (χ0v) is 21.3. The van der Waals surface area contributed by atoms with Crippen LogP contribution >= 0.6 is 0 Å². The van der Waals surface area contributed by atoms with Crippen LogP contribution in [0.4, 0.5) is 14.6 Å². The van der Waals surface area contributed by atoms with E-state index in [9.17, 15) is 18.4 Å². The molecule has 3 heterocycles. The molecule has 2 amide bonds. The van der Waals surface area contributed by atoms with E-state index in [1.165, 1.54) is 12.3 Å². The molecule has 198 valence electrons. The fraction of sp³-hybridized carbons (Fsp3) is 0.345. The third-order valence-corrected chi connectivity index (χ3v) is 7.55. The van der Waals surface area contributed by atoms with E-state index in [2.05, 4.69) is 20.5 Å². The third-order valence-electron chi connectivity index (χ3n) is 7.55. The van der Waals surface area contributed by atoms with Gasteiger partial charge in [0.25, 0.3) is 11.8 Å². The number of ether oxygens (including phenoxy) is 1. The van der Waals surface area contributed by atoms with E-state index in [0.717, 1.165) is 49.2 Å². The molecule has 3 aromatic rings. The number of methoxy groups -OCH3 is 1. The summed E-state index contributed by atoms with van der Waals surface area (Å²) in [5.74, 6) is -0.346. The highest BCUT2D eigenvalue weighted by atomic mass is 19.1. The number of amides is 2. The molecule has 2 atom stereocenters. The zero-order chi connectivity index (χ0) is 26.8. The minimum absolute atomic E-state index is 0.0502. The number of nitrogens with zero attached hydrogens (tertiary/aromatic N) is 2. The van der Waals surface area contributed by atoms with Gasteiger partial charge in [0.05, 0.1) is 12.7 Å². The van der Waals surface area contributed by atoms with Crippen molar-refractivity contribution in [3.05, 3.63) is 88.6 Å². The van der Waals surface area contributed by atoms with Crippen molar-refractivity contribution in [2.24, 2.45) is 0 Å². The molecule has 2 aromatic carbocycles. The van der Waals surface area contributed by atoms with Gasteiger partial charge in [0, 0.05) is 53.6 Å². The van der Waals surface area contributed by atoms with Crippen molar-refractivity contribution < 1.29 is 23.1 Å². The second-order valence-corrected chi connectivity index (χ2v) is 9.89. The molecule has 0 spiro atoms. The predicted octanol–water partition coefficient (Wildman–Crippen LogP) is 4.54. The van der Waals surface area contributed by atoms with Crippen molar-refractivity contribution in [1.29, 1.82) is 0 Å². The quantitative estimate of drug-likeness (QED) is 0.478. The molecule has 0 saturated carbocycles. The summed E-state index contributed by atoms with van der Waals surface area (Å²) in [5.41, 5.74) is 2.01. The summed E-state index contributed by atoms with van der Waals surface area (Å²) in [7, 11) is 1.60. The first-order valence-corrected chi connectivity index (χ1v) is 12.7. The number of aromatic nitrogens is 1. The van der Waals surface area contributed by atoms with Gasteiger partial charge < -0.3 is 20.3 Å². The Morgan fingerprint density at radius 2 is 1.82 bits per heavy atom. The Morgan fingerprint density at radius 1 is 1.05 bits per heavy atom. The number of anilines is 1. The second kappa shape index (κ2) is 10.8. The lowest BCUT2D eigenvalue weighted by atomic mass is 9.96. The third kappa shape index (κ3) is 5.18. The number of rotatable bonds is 7. The zero-order valence-electron chi connectivity index (χ0n) is 21.3. The maximum atomic E-state index is 13.8. The number of halogens is 2. The van der Waals surface area contributed by atoms with Crippen LogP contribution in [0.2, 0.25) is 0 Å². The highest BCUT2D eigenvalue weighted by Gasteiger charge is 2.42. The van der Waals surface area contributed by atoms with Gasteiger partial charge in [-0.25, -0.2) is 13.8 Å². The van der Waals surface area contributed by atoms with E-state index >= 15 is 0 Å². The summed E-state index contributed by atoms with van der Waals surface area (Å²) in [6.07, 6.45) is 5.19. The van der Waals surface area contributed by atoms with E-state index in [-0.39, 0.29) is 42.0 Å². The molecular formula is C29H30F2N4O3. The standard InChI is InChI=1S/C29H30F2N4O3/c1-17-24(4-3-5-26(17)38-2)29(37)34-21-13-22-9-10-23(14-21)35(22)27-11-7-19(16-32-27)28(36)33-15-18-6-8-20(30)12-25(18)31/h3-8,11-12,16,21-23H,9-10,13-15H2,1-2H3,(H,33,36)(H,34,37). The van der Waals surface area contributed by atoms with Crippen molar-refractivity contribution in [2.45, 2.75) is 57.3 Å². The van der Waals surface area contributed by atoms with Crippen LogP contribution in [0.1, 0.15) is 57.5 Å². The molecule has 38 heavy (non-hydrogen) atoms. The number of carbonyl (C=O) groups is 2. The monoisotopic (exact) mass is 520 g/mol. The first-order valence-electron chi connectivity index (χ1n) is 12.7. The molecule has 2 saturated heterocycles. The largest absolute Gasteiger partial charge is 0.496 e. The Bertz CT molecular complexity index is 1330. The molecule has 5 rings (SSSR count). The molecule has 9 heteroatoms. The van der Waals surface area contributed by atoms with E-state index in [1.807, 2.05) is 31.2 Å². The normalized spacial score (nSPS) is 20.2. The number of hydrogen-bond donors (Lipinski definition) is 2. The van der Waals surface area contributed by atoms with Crippen LogP contribution in [0.3, 0.4) is 0 Å². The number of carbonyl (C=O) groups excluding carboxylic acids is 2. The number of piperidine rings is 1. The molecule has 0 radical (unpaired) electrons. The van der Waals surface area contributed by atoms with Crippen LogP contribution in [0.5, 0.6) is 5.75 Å². The summed E-state index contributed by atoms with van der Waals surface area (Å²) in [6.45, 7) is 1.84. The number of nitrogens with one attached hydrogen (secondary N) is 2. The number of fused-ring (bicyclic) bond motifs is 2. The van der Waals surface area contributed by atoms with Gasteiger partial charge in [0.2, 0.25) is 0 Å². The van der Waals surface area contributed by atoms with Gasteiger partial charge in [-0.3, -0.25) is 9.59 Å². The van der Waals surface area contributed by atoms with E-state index < -0.39 is 11.6 Å². The number of benzene rings is 2. The Morgan fingerprint density at radius 3 is 2.47 bits per heavy atom. The van der Waals surface area contributed by atoms with Crippen molar-refractivity contribution in [3.63, 3.8) is 0 Å². The SMILES string of the molecule is COc1cccc(C(=O)NC2CC3CCC(C2)N3c2ccc(C(=O)NCc3ccc(F)cc3F)cn2)c1C. The summed E-state index contributed by atoms with van der Waals surface area (Å²) in [6, 6.07) is 12.8. The molecular weight excluding hydrogens is 490 g/mol. The maximum absolute atomic E-state index is 13.8. The van der Waals surface area contributed by atoms with Gasteiger partial charge in [-0.15, -0.1) is 0 Å². The van der Waals surface area contributed by atoms with Crippen LogP contribution in [-0.4, -0.2) is 42.0 Å². The van der Waals surface area contributed by atoms with Crippen LogP contribution in [0, 0.1) is 18.6 Å². The molecule has 1 aromatic heterocycles. The van der Waals surface area contributed by atoms with Gasteiger partial charge in [-0.1, -0.05) is 12.1 Å². The van der Waals surface area contributed by atoms with Gasteiger partial charge in [0.15, 0.2) is 0 Å². The van der Waals surface area contributed by atoms with E-state index in [4.69, 9.17) is 4.74 Å². The summed E-state index contributed by atoms with van der Waals surface area (Å²) in [5, 5.41) is 5.87. The van der Waals surface area contributed by atoms with Crippen LogP contribution in [-0.2, 0) is 6.54 Å². The Labute approximate surface area is 220 Å². The van der Waals surface area contributed by atoms with Crippen molar-refractivity contribution in [2.75, 3.05) is 12.0 Å². The lowest BCUT2D eigenvalue weighted by Gasteiger charge is -2.40. The smallest absolute Gasteiger partial charge is 0.253 e. The van der Waals surface area contributed by atoms with Crippen LogP contribution < -0.4 is 20.3 Å². The van der Waals surface area contributed by atoms with Gasteiger partial charge in [-0.2, -0.15) is 0 Å². The van der Waals surface area contributed by atoms with Gasteiger partial charge in [-0.05, 0) is 62.9 Å². The Hall–Kier alpha value is -4.01. The molecule has 2 N–H and O–H groups in total. The average molecular weight is 521 g/mol. The fourth-order valence-corrected chi connectivity index (χ4v) is 5.63. The molecule has 2 aliphatic rings. The molecule has 2 fully saturated rings. The first-order chi connectivity index (χ1) is 18.3. The van der Waals surface area contributed by atoms with Crippen molar-refractivity contribution >= 4 is 17.6 Å². The lowest BCUT2D eigenvalue weighted by Crippen LogP contribution is -2.50. The van der Waals surface area contributed by atoms with Gasteiger partial charge in [0.1, 0.15) is 23.2 Å². The maximum Gasteiger partial charge on any atom is 0.253 e. The van der Waals surface area contributed by atoms with Crippen LogP contribution in [0.25, 0.3) is 0 Å². The number of pyridine rings is 1. The lowest BCUT2D eigenvalue weighted by molar-refractivity contribution is 0.0923. The van der Waals surface area contributed by atoms with E-state index in [1.54, 1.807) is 13.2 Å². The predicted molar refractivity (Wildman–Crippen MR) is 139 cm³/mol. The number of hydrogen-bond acceptors (Lipinski definition) is 5. The Balaban J connectivity index is 1.19. The molecule has 7 nitrogen and oxygen atoms in total. The molecule has 2 aliphatic heterocycles. The van der Waals surface area contributed by atoms with Crippen LogP contribution in [0.15, 0.2) is 54.7 Å². The van der Waals surface area contributed by atoms with Gasteiger partial charge >= 0.3 is 0 Å². The summed E-state index contributed by atoms with van der Waals surface area (Å²) >= 11 is 0. The highest BCUT2D eigenvalue weighted by Crippen LogP contribution is 2.38.